The number of ether oxygens (including phenoxy) is 1. The second kappa shape index (κ2) is 9.15. The molecule has 6 heteroatoms. The summed E-state index contributed by atoms with van der Waals surface area (Å²) in [6.07, 6.45) is 1.74. The Balaban J connectivity index is 2.00. The Bertz CT molecular complexity index is 639. The van der Waals surface area contributed by atoms with E-state index in [-0.39, 0.29) is 0 Å². The van der Waals surface area contributed by atoms with Crippen molar-refractivity contribution >= 4 is 17.3 Å². The topological polar surface area (TPSA) is 58.5 Å². The number of hydrogen-bond donors (Lipinski definition) is 2. The quantitative estimate of drug-likeness (QED) is 0.604. The molecule has 2 aromatic rings. The summed E-state index contributed by atoms with van der Waals surface area (Å²) in [6, 6.07) is 8.18. The lowest BCUT2D eigenvalue weighted by molar-refractivity contribution is 0.323. The van der Waals surface area contributed by atoms with Crippen molar-refractivity contribution in [3.05, 3.63) is 45.8 Å². The highest BCUT2D eigenvalue weighted by Gasteiger charge is 2.05. The number of guanidine groups is 1. The molecule has 0 aliphatic heterocycles. The van der Waals surface area contributed by atoms with Crippen molar-refractivity contribution in [3.8, 4) is 5.88 Å². The van der Waals surface area contributed by atoms with E-state index in [4.69, 9.17) is 4.74 Å². The van der Waals surface area contributed by atoms with Gasteiger partial charge in [0.15, 0.2) is 5.96 Å². The summed E-state index contributed by atoms with van der Waals surface area (Å²) in [6.45, 7) is 8.85. The van der Waals surface area contributed by atoms with Gasteiger partial charge in [-0.15, -0.1) is 11.3 Å². The maximum atomic E-state index is 5.54. The van der Waals surface area contributed by atoms with Gasteiger partial charge in [0.2, 0.25) is 5.88 Å². The minimum atomic E-state index is 0.530. The molecule has 2 rings (SSSR count). The molecule has 2 N–H and O–H groups in total. The molecule has 0 aliphatic rings. The second-order valence-electron chi connectivity index (χ2n) is 4.96. The van der Waals surface area contributed by atoms with Crippen molar-refractivity contribution < 1.29 is 4.74 Å². The zero-order valence-electron chi connectivity index (χ0n) is 13.9. The van der Waals surface area contributed by atoms with E-state index in [9.17, 15) is 0 Å². The first-order valence-electron chi connectivity index (χ1n) is 7.87. The lowest BCUT2D eigenvalue weighted by Gasteiger charge is -2.11. The molecular formula is C17H24N4OS. The van der Waals surface area contributed by atoms with Crippen LogP contribution in [0, 0.1) is 6.92 Å². The van der Waals surface area contributed by atoms with Gasteiger partial charge >= 0.3 is 0 Å². The van der Waals surface area contributed by atoms with Gasteiger partial charge in [-0.05, 0) is 39.0 Å². The number of aryl methyl sites for hydroxylation is 1. The Kier molecular flexibility index (Phi) is 6.87. The normalized spacial score (nSPS) is 11.3. The standard InChI is InChI=1S/C17H24N4OS/c1-4-18-17(21-12-15-9-8-13(3)23-15)20-11-14-7-6-10-19-16(14)22-5-2/h6-10H,4-5,11-12H2,1-3H3,(H2,18,20,21). The molecule has 0 aromatic carbocycles. The van der Waals surface area contributed by atoms with E-state index in [2.05, 4.69) is 46.6 Å². The van der Waals surface area contributed by atoms with Crippen LogP contribution in [0.5, 0.6) is 5.88 Å². The van der Waals surface area contributed by atoms with Gasteiger partial charge in [-0.1, -0.05) is 6.07 Å². The highest BCUT2D eigenvalue weighted by atomic mass is 32.1. The molecule has 0 spiro atoms. The first-order chi connectivity index (χ1) is 11.2. The third-order valence-electron chi connectivity index (χ3n) is 3.11. The lowest BCUT2D eigenvalue weighted by atomic mass is 10.3. The van der Waals surface area contributed by atoms with Crippen LogP contribution in [0.1, 0.15) is 29.2 Å². The number of nitrogens with zero attached hydrogens (tertiary/aromatic N) is 2. The zero-order valence-corrected chi connectivity index (χ0v) is 14.7. The molecule has 0 atom stereocenters. The van der Waals surface area contributed by atoms with Crippen LogP contribution >= 0.6 is 11.3 Å². The van der Waals surface area contributed by atoms with Crippen molar-refractivity contribution in [2.24, 2.45) is 4.99 Å². The molecule has 0 saturated carbocycles. The van der Waals surface area contributed by atoms with E-state index in [0.717, 1.165) is 24.6 Å². The molecule has 0 unspecified atom stereocenters. The van der Waals surface area contributed by atoms with Crippen molar-refractivity contribution in [1.82, 2.24) is 15.6 Å². The first kappa shape index (κ1) is 17.3. The largest absolute Gasteiger partial charge is 0.478 e. The van der Waals surface area contributed by atoms with E-state index >= 15 is 0 Å². The fourth-order valence-corrected chi connectivity index (χ4v) is 2.90. The van der Waals surface area contributed by atoms with Crippen LogP contribution in [0.3, 0.4) is 0 Å². The van der Waals surface area contributed by atoms with Crippen LogP contribution in [0.25, 0.3) is 0 Å². The number of pyridine rings is 1. The highest BCUT2D eigenvalue weighted by Crippen LogP contribution is 2.16. The fraction of sp³-hybridized carbons (Fsp3) is 0.412. The van der Waals surface area contributed by atoms with Crippen LogP contribution in [0.2, 0.25) is 0 Å². The molecule has 5 nitrogen and oxygen atoms in total. The Labute approximate surface area is 141 Å². The Morgan fingerprint density at radius 1 is 1.26 bits per heavy atom. The number of hydrogen-bond acceptors (Lipinski definition) is 4. The number of aliphatic imine (C=N–C) groups is 1. The fourth-order valence-electron chi connectivity index (χ4n) is 2.07. The predicted octanol–water partition coefficient (Wildman–Crippen LogP) is 3.11. The summed E-state index contributed by atoms with van der Waals surface area (Å²) in [7, 11) is 0. The van der Waals surface area contributed by atoms with Gasteiger partial charge in [-0.25, -0.2) is 9.98 Å². The van der Waals surface area contributed by atoms with Gasteiger partial charge in [-0.3, -0.25) is 0 Å². The third kappa shape index (κ3) is 5.56. The van der Waals surface area contributed by atoms with Crippen molar-refractivity contribution in [3.63, 3.8) is 0 Å². The molecule has 0 aliphatic carbocycles. The second-order valence-corrected chi connectivity index (χ2v) is 6.33. The molecule has 124 valence electrons. The van der Waals surface area contributed by atoms with E-state index < -0.39 is 0 Å². The molecule has 0 amide bonds. The van der Waals surface area contributed by atoms with E-state index in [1.165, 1.54) is 9.75 Å². The average Bonchev–Trinajstić information content (AvgIpc) is 2.97. The monoisotopic (exact) mass is 332 g/mol. The highest BCUT2D eigenvalue weighted by molar-refractivity contribution is 7.11. The summed E-state index contributed by atoms with van der Waals surface area (Å²) in [4.78, 5) is 11.5. The van der Waals surface area contributed by atoms with E-state index in [0.29, 0.717) is 19.0 Å². The minimum Gasteiger partial charge on any atom is -0.478 e. The summed E-state index contributed by atoms with van der Waals surface area (Å²) in [5, 5.41) is 6.62. The molecule has 23 heavy (non-hydrogen) atoms. The number of aromatic nitrogens is 1. The summed E-state index contributed by atoms with van der Waals surface area (Å²) >= 11 is 1.80. The molecule has 2 heterocycles. The van der Waals surface area contributed by atoms with E-state index in [1.54, 1.807) is 17.5 Å². The molecular weight excluding hydrogens is 308 g/mol. The van der Waals surface area contributed by atoms with Gasteiger partial charge in [-0.2, -0.15) is 0 Å². The van der Waals surface area contributed by atoms with Gasteiger partial charge in [0.05, 0.1) is 19.7 Å². The Morgan fingerprint density at radius 3 is 2.83 bits per heavy atom. The van der Waals surface area contributed by atoms with Crippen LogP contribution in [0.4, 0.5) is 0 Å². The first-order valence-corrected chi connectivity index (χ1v) is 8.68. The van der Waals surface area contributed by atoms with Gasteiger partial charge < -0.3 is 15.4 Å². The third-order valence-corrected chi connectivity index (χ3v) is 4.11. The Hall–Kier alpha value is -2.08. The van der Waals surface area contributed by atoms with Crippen LogP contribution in [-0.2, 0) is 13.1 Å². The smallest absolute Gasteiger partial charge is 0.218 e. The number of thiophene rings is 1. The summed E-state index contributed by atoms with van der Waals surface area (Å²) in [5.74, 6) is 1.45. The average molecular weight is 332 g/mol. The molecule has 0 bridgehead atoms. The van der Waals surface area contributed by atoms with Crippen molar-refractivity contribution in [2.75, 3.05) is 13.2 Å². The maximum absolute atomic E-state index is 5.54. The predicted molar refractivity (Wildman–Crippen MR) is 96.1 cm³/mol. The lowest BCUT2D eigenvalue weighted by Crippen LogP contribution is -2.36. The molecule has 0 radical (unpaired) electrons. The zero-order chi connectivity index (χ0) is 16.5. The SMILES string of the molecule is CCNC(=NCc1cccnc1OCC)NCc1ccc(C)s1. The maximum Gasteiger partial charge on any atom is 0.218 e. The summed E-state index contributed by atoms with van der Waals surface area (Å²) in [5.41, 5.74) is 0.985. The van der Waals surface area contributed by atoms with Crippen LogP contribution in [-0.4, -0.2) is 24.1 Å². The molecule has 2 aromatic heterocycles. The van der Waals surface area contributed by atoms with E-state index in [1.807, 2.05) is 19.1 Å². The minimum absolute atomic E-state index is 0.530. The number of rotatable bonds is 7. The van der Waals surface area contributed by atoms with Gasteiger partial charge in [0.1, 0.15) is 0 Å². The van der Waals surface area contributed by atoms with Crippen molar-refractivity contribution in [2.45, 2.75) is 33.9 Å². The van der Waals surface area contributed by atoms with Crippen molar-refractivity contribution in [1.29, 1.82) is 0 Å². The summed E-state index contributed by atoms with van der Waals surface area (Å²) < 4.78 is 5.54. The van der Waals surface area contributed by atoms with Gasteiger partial charge in [0.25, 0.3) is 0 Å². The van der Waals surface area contributed by atoms with Gasteiger partial charge in [0, 0.05) is 28.1 Å². The van der Waals surface area contributed by atoms with Crippen LogP contribution in [0.15, 0.2) is 35.5 Å². The molecule has 0 fully saturated rings. The number of nitrogens with one attached hydrogen (secondary N) is 2. The Morgan fingerprint density at radius 2 is 2.13 bits per heavy atom. The molecule has 0 saturated heterocycles. The van der Waals surface area contributed by atoms with Crippen LogP contribution < -0.4 is 15.4 Å².